The van der Waals surface area contributed by atoms with Crippen molar-refractivity contribution < 1.29 is 19.1 Å². The number of carbonyl (C=O) groups is 2. The molecule has 35 heavy (non-hydrogen) atoms. The smallest absolute Gasteiger partial charge is 0.257 e. The van der Waals surface area contributed by atoms with Gasteiger partial charge >= 0.3 is 0 Å². The minimum atomic E-state index is -0.110. The van der Waals surface area contributed by atoms with Gasteiger partial charge in [0.15, 0.2) is 0 Å². The largest absolute Gasteiger partial charge is 0.497 e. The van der Waals surface area contributed by atoms with Crippen LogP contribution in [0.4, 0.5) is 11.5 Å². The van der Waals surface area contributed by atoms with Gasteiger partial charge in [0, 0.05) is 38.8 Å². The molecular weight excluding hydrogens is 444 g/mol. The van der Waals surface area contributed by atoms with Crippen molar-refractivity contribution in [2.24, 2.45) is 0 Å². The second-order valence-corrected chi connectivity index (χ2v) is 8.25. The Morgan fingerprint density at radius 1 is 0.886 bits per heavy atom. The monoisotopic (exact) mass is 474 g/mol. The summed E-state index contributed by atoms with van der Waals surface area (Å²) in [5, 5.41) is 3.22. The fourth-order valence-electron chi connectivity index (χ4n) is 4.08. The number of para-hydroxylation sites is 2. The number of hydrogen-bond acceptors (Lipinski definition) is 6. The molecule has 1 saturated heterocycles. The number of piperazine rings is 1. The zero-order valence-corrected chi connectivity index (χ0v) is 20.1. The van der Waals surface area contributed by atoms with E-state index in [9.17, 15) is 9.59 Å². The van der Waals surface area contributed by atoms with Crippen LogP contribution in [0.3, 0.4) is 0 Å². The molecule has 0 aliphatic carbocycles. The Morgan fingerprint density at radius 3 is 2.31 bits per heavy atom. The molecule has 0 unspecified atom stereocenters. The number of aromatic nitrogens is 1. The highest BCUT2D eigenvalue weighted by molar-refractivity contribution is 5.99. The van der Waals surface area contributed by atoms with Crippen LogP contribution in [0, 0.1) is 0 Å². The molecule has 0 atom stereocenters. The molecule has 2 aromatic carbocycles. The molecule has 1 aliphatic heterocycles. The lowest BCUT2D eigenvalue weighted by molar-refractivity contribution is -0.132. The number of nitrogens with one attached hydrogen (secondary N) is 1. The van der Waals surface area contributed by atoms with Crippen LogP contribution >= 0.6 is 0 Å². The van der Waals surface area contributed by atoms with Crippen molar-refractivity contribution >= 4 is 23.3 Å². The van der Waals surface area contributed by atoms with Gasteiger partial charge in [-0.3, -0.25) is 9.59 Å². The maximum atomic E-state index is 13.3. The van der Waals surface area contributed by atoms with E-state index in [1.807, 2.05) is 53.4 Å². The van der Waals surface area contributed by atoms with Crippen molar-refractivity contribution in [2.75, 3.05) is 45.7 Å². The number of nitrogens with zero attached hydrogens (tertiary/aromatic N) is 3. The summed E-state index contributed by atoms with van der Waals surface area (Å²) < 4.78 is 10.6. The molecule has 0 bridgehead atoms. The lowest BCUT2D eigenvalue weighted by Gasteiger charge is -2.35. The molecule has 8 heteroatoms. The fourth-order valence-corrected chi connectivity index (χ4v) is 4.08. The first-order valence-electron chi connectivity index (χ1n) is 11.6. The molecular formula is C27H30N4O4. The molecule has 1 fully saturated rings. The normalized spacial score (nSPS) is 13.3. The van der Waals surface area contributed by atoms with E-state index in [1.165, 1.54) is 0 Å². The molecule has 1 aliphatic rings. The van der Waals surface area contributed by atoms with Crippen LogP contribution in [-0.2, 0) is 11.2 Å². The maximum absolute atomic E-state index is 13.3. The minimum Gasteiger partial charge on any atom is -0.497 e. The third-order valence-electron chi connectivity index (χ3n) is 6.10. The Hall–Kier alpha value is -4.07. The number of methoxy groups -OCH3 is 2. The minimum absolute atomic E-state index is 0.104. The molecule has 0 spiro atoms. The van der Waals surface area contributed by atoms with Gasteiger partial charge in [0.1, 0.15) is 17.3 Å². The zero-order chi connectivity index (χ0) is 24.6. The van der Waals surface area contributed by atoms with Crippen molar-refractivity contribution in [2.45, 2.75) is 12.8 Å². The van der Waals surface area contributed by atoms with Gasteiger partial charge in [-0.15, -0.1) is 0 Å². The Labute approximate surface area is 205 Å². The molecule has 1 aromatic heterocycles. The van der Waals surface area contributed by atoms with Crippen LogP contribution in [-0.4, -0.2) is 67.0 Å². The van der Waals surface area contributed by atoms with E-state index in [1.54, 1.807) is 37.4 Å². The summed E-state index contributed by atoms with van der Waals surface area (Å²) in [7, 11) is 3.23. The van der Waals surface area contributed by atoms with Crippen molar-refractivity contribution in [3.05, 3.63) is 78.0 Å². The highest BCUT2D eigenvalue weighted by Crippen LogP contribution is 2.28. The molecule has 0 saturated carbocycles. The average molecular weight is 475 g/mol. The fraction of sp³-hybridized carbons (Fsp3) is 0.296. The summed E-state index contributed by atoms with van der Waals surface area (Å²) in [6, 6.07) is 18.8. The summed E-state index contributed by atoms with van der Waals surface area (Å²) in [4.78, 5) is 34.0. The second kappa shape index (κ2) is 11.4. The summed E-state index contributed by atoms with van der Waals surface area (Å²) in [5.41, 5.74) is 2.31. The molecule has 1 N–H and O–H groups in total. The Bertz CT molecular complexity index is 1160. The van der Waals surface area contributed by atoms with Crippen LogP contribution in [0.5, 0.6) is 11.5 Å². The average Bonchev–Trinajstić information content (AvgIpc) is 2.92. The van der Waals surface area contributed by atoms with E-state index in [0.29, 0.717) is 56.2 Å². The number of benzene rings is 2. The SMILES string of the molecule is COc1ccc(CCC(=O)N2CCN(C(=O)c3cccnc3Nc3ccccc3OC)CC2)cc1. The third-order valence-corrected chi connectivity index (χ3v) is 6.10. The predicted octanol–water partition coefficient (Wildman–Crippen LogP) is 3.76. The molecule has 182 valence electrons. The van der Waals surface area contributed by atoms with E-state index in [4.69, 9.17) is 9.47 Å². The molecule has 2 amide bonds. The number of anilines is 2. The Kier molecular flexibility index (Phi) is 7.82. The highest BCUT2D eigenvalue weighted by Gasteiger charge is 2.26. The summed E-state index contributed by atoms with van der Waals surface area (Å²) >= 11 is 0. The van der Waals surface area contributed by atoms with Gasteiger partial charge in [0.05, 0.1) is 25.5 Å². The van der Waals surface area contributed by atoms with Crippen LogP contribution in [0.2, 0.25) is 0 Å². The lowest BCUT2D eigenvalue weighted by atomic mass is 10.1. The quantitative estimate of drug-likeness (QED) is 0.535. The van der Waals surface area contributed by atoms with Gasteiger partial charge in [-0.05, 0) is 48.4 Å². The standard InChI is InChI=1S/C27H30N4O4/c1-34-21-12-9-20(10-13-21)11-14-25(32)30-16-18-31(19-17-30)27(33)22-6-5-15-28-26(22)29-23-7-3-4-8-24(23)35-2/h3-10,12-13,15H,11,14,16-19H2,1-2H3,(H,28,29). The van der Waals surface area contributed by atoms with Crippen LogP contribution in [0.15, 0.2) is 66.9 Å². The molecule has 8 nitrogen and oxygen atoms in total. The molecule has 2 heterocycles. The van der Waals surface area contributed by atoms with Crippen molar-refractivity contribution in [1.82, 2.24) is 14.8 Å². The lowest BCUT2D eigenvalue weighted by Crippen LogP contribution is -2.50. The number of pyridine rings is 1. The van der Waals surface area contributed by atoms with E-state index >= 15 is 0 Å². The summed E-state index contributed by atoms with van der Waals surface area (Å²) in [5.74, 6) is 1.93. The molecule has 0 radical (unpaired) electrons. The number of carbonyl (C=O) groups excluding carboxylic acids is 2. The zero-order valence-electron chi connectivity index (χ0n) is 20.1. The number of ether oxygens (including phenoxy) is 2. The molecule has 3 aromatic rings. The first kappa shape index (κ1) is 24.1. The number of hydrogen-bond donors (Lipinski definition) is 1. The van der Waals surface area contributed by atoms with Gasteiger partial charge in [0.25, 0.3) is 5.91 Å². The summed E-state index contributed by atoms with van der Waals surface area (Å²) in [6.45, 7) is 2.00. The first-order chi connectivity index (χ1) is 17.1. The van der Waals surface area contributed by atoms with E-state index in [2.05, 4.69) is 10.3 Å². The van der Waals surface area contributed by atoms with Gasteiger partial charge < -0.3 is 24.6 Å². The third kappa shape index (κ3) is 5.90. The number of amides is 2. The number of rotatable bonds is 8. The topological polar surface area (TPSA) is 84.0 Å². The predicted molar refractivity (Wildman–Crippen MR) is 134 cm³/mol. The highest BCUT2D eigenvalue weighted by atomic mass is 16.5. The van der Waals surface area contributed by atoms with Crippen molar-refractivity contribution in [3.8, 4) is 11.5 Å². The van der Waals surface area contributed by atoms with Crippen LogP contribution in [0.25, 0.3) is 0 Å². The Balaban J connectivity index is 1.34. The van der Waals surface area contributed by atoms with Gasteiger partial charge in [-0.1, -0.05) is 24.3 Å². The second-order valence-electron chi connectivity index (χ2n) is 8.25. The maximum Gasteiger partial charge on any atom is 0.257 e. The summed E-state index contributed by atoms with van der Waals surface area (Å²) in [6.07, 6.45) is 2.76. The van der Waals surface area contributed by atoms with Crippen molar-refractivity contribution in [3.63, 3.8) is 0 Å². The first-order valence-corrected chi connectivity index (χ1v) is 11.6. The van der Waals surface area contributed by atoms with Crippen LogP contribution in [0.1, 0.15) is 22.3 Å². The van der Waals surface area contributed by atoms with E-state index in [0.717, 1.165) is 17.0 Å². The van der Waals surface area contributed by atoms with Crippen LogP contribution < -0.4 is 14.8 Å². The van der Waals surface area contributed by atoms with Gasteiger partial charge in [-0.25, -0.2) is 4.98 Å². The molecule has 4 rings (SSSR count). The van der Waals surface area contributed by atoms with Gasteiger partial charge in [0.2, 0.25) is 5.91 Å². The van der Waals surface area contributed by atoms with E-state index < -0.39 is 0 Å². The van der Waals surface area contributed by atoms with E-state index in [-0.39, 0.29) is 11.8 Å². The van der Waals surface area contributed by atoms with Crippen molar-refractivity contribution in [1.29, 1.82) is 0 Å². The Morgan fingerprint density at radius 2 is 1.60 bits per heavy atom. The number of aryl methyl sites for hydroxylation is 1. The van der Waals surface area contributed by atoms with Gasteiger partial charge in [-0.2, -0.15) is 0 Å².